The number of ether oxygens (including phenoxy) is 1. The summed E-state index contributed by atoms with van der Waals surface area (Å²) in [6.07, 6.45) is 4.97. The second-order valence-electron chi connectivity index (χ2n) is 8.41. The van der Waals surface area contributed by atoms with Crippen molar-refractivity contribution in [3.8, 4) is 17.0 Å². The van der Waals surface area contributed by atoms with E-state index in [1.165, 1.54) is 23.4 Å². The molecule has 1 heterocycles. The molecule has 0 unspecified atom stereocenters. The number of rotatable bonds is 6. The van der Waals surface area contributed by atoms with Crippen LogP contribution in [0.15, 0.2) is 36.0 Å². The molecule has 1 fully saturated rings. The molecule has 144 valence electrons. The molecule has 1 aromatic carbocycles. The predicted octanol–water partition coefficient (Wildman–Crippen LogP) is 5.77. The number of thiazole rings is 1. The van der Waals surface area contributed by atoms with Gasteiger partial charge in [-0.05, 0) is 62.3 Å². The smallest absolute Gasteiger partial charge is 0.202 e. The van der Waals surface area contributed by atoms with Crippen molar-refractivity contribution >= 4 is 16.5 Å². The van der Waals surface area contributed by atoms with Gasteiger partial charge < -0.3 is 10.2 Å². The Morgan fingerprint density at radius 2 is 1.93 bits per heavy atom. The van der Waals surface area contributed by atoms with Gasteiger partial charge in [-0.2, -0.15) is 0 Å². The van der Waals surface area contributed by atoms with E-state index in [0.29, 0.717) is 17.9 Å². The average Bonchev–Trinajstić information content (AvgIpc) is 3.18. The Kier molecular flexibility index (Phi) is 4.46. The molecule has 0 saturated heterocycles. The van der Waals surface area contributed by atoms with Gasteiger partial charge in [-0.1, -0.05) is 26.8 Å². The number of nitrogens with one attached hydrogen (secondary N) is 2. The molecule has 2 bridgehead atoms. The van der Waals surface area contributed by atoms with Crippen LogP contribution in [0.25, 0.3) is 11.3 Å². The van der Waals surface area contributed by atoms with Gasteiger partial charge in [-0.3, -0.25) is 5.43 Å². The number of aromatic nitrogens is 1. The zero-order valence-corrected chi connectivity index (χ0v) is 17.7. The van der Waals surface area contributed by atoms with E-state index in [0.717, 1.165) is 22.1 Å². The van der Waals surface area contributed by atoms with Crippen molar-refractivity contribution < 1.29 is 4.74 Å². The summed E-state index contributed by atoms with van der Waals surface area (Å²) >= 11 is 1.68. The number of allylic oxidation sites excluding steroid dienone is 2. The lowest BCUT2D eigenvalue weighted by Gasteiger charge is -2.37. The van der Waals surface area contributed by atoms with Gasteiger partial charge in [0.1, 0.15) is 5.75 Å². The van der Waals surface area contributed by atoms with Crippen LogP contribution in [-0.4, -0.2) is 11.6 Å². The van der Waals surface area contributed by atoms with Crippen LogP contribution in [0, 0.1) is 23.7 Å². The summed E-state index contributed by atoms with van der Waals surface area (Å²) in [4.78, 5) is 6.02. The Labute approximate surface area is 166 Å². The zero-order valence-electron chi connectivity index (χ0n) is 16.8. The second-order valence-corrected chi connectivity index (χ2v) is 9.61. The summed E-state index contributed by atoms with van der Waals surface area (Å²) in [6, 6.07) is 8.16. The minimum Gasteiger partial charge on any atom is -0.494 e. The summed E-state index contributed by atoms with van der Waals surface area (Å²) in [5.74, 6) is 1.57. The number of nitrogens with zero attached hydrogens (tertiary/aromatic N) is 1. The third-order valence-electron chi connectivity index (χ3n) is 6.81. The topological polar surface area (TPSA) is 46.2 Å². The number of benzene rings is 1. The van der Waals surface area contributed by atoms with Crippen LogP contribution in [0.4, 0.5) is 5.13 Å². The molecule has 2 atom stereocenters. The van der Waals surface area contributed by atoms with Crippen molar-refractivity contribution in [2.24, 2.45) is 16.7 Å². The van der Waals surface area contributed by atoms with Gasteiger partial charge in [0.2, 0.25) is 5.13 Å². The number of hydrogen-bond acceptors (Lipinski definition) is 5. The van der Waals surface area contributed by atoms with Crippen molar-refractivity contribution in [2.45, 2.75) is 47.5 Å². The van der Waals surface area contributed by atoms with E-state index in [9.17, 15) is 0 Å². The maximum absolute atomic E-state index is 5.53. The van der Waals surface area contributed by atoms with Crippen molar-refractivity contribution in [1.82, 2.24) is 10.4 Å². The Morgan fingerprint density at radius 3 is 2.52 bits per heavy atom. The van der Waals surface area contributed by atoms with Crippen molar-refractivity contribution in [1.29, 1.82) is 0 Å². The van der Waals surface area contributed by atoms with Gasteiger partial charge in [-0.25, -0.2) is 4.98 Å². The number of anilines is 1. The maximum atomic E-state index is 5.53. The largest absolute Gasteiger partial charge is 0.494 e. The monoisotopic (exact) mass is 383 g/mol. The molecule has 1 aromatic heterocycles. The molecular formula is C22H29N3OS. The molecule has 2 aromatic rings. The van der Waals surface area contributed by atoms with Gasteiger partial charge in [-0.15, -0.1) is 11.3 Å². The first-order valence-corrected chi connectivity index (χ1v) is 10.6. The molecule has 2 N–H and O–H groups in total. The summed E-state index contributed by atoms with van der Waals surface area (Å²) < 4.78 is 5.53. The molecule has 2 aliphatic rings. The van der Waals surface area contributed by atoms with Crippen LogP contribution in [0.3, 0.4) is 0 Å². The van der Waals surface area contributed by atoms with E-state index in [2.05, 4.69) is 56.8 Å². The Morgan fingerprint density at radius 1 is 1.19 bits per heavy atom. The summed E-state index contributed by atoms with van der Waals surface area (Å²) in [5, 5.41) is 0.904. The molecule has 0 aliphatic heterocycles. The number of hydrazine groups is 1. The van der Waals surface area contributed by atoms with E-state index >= 15 is 0 Å². The van der Waals surface area contributed by atoms with Crippen LogP contribution in [0.2, 0.25) is 0 Å². The van der Waals surface area contributed by atoms with E-state index < -0.39 is 0 Å². The second kappa shape index (κ2) is 6.55. The molecular weight excluding hydrogens is 354 g/mol. The first-order chi connectivity index (χ1) is 12.8. The number of hydrogen-bond donors (Lipinski definition) is 2. The molecule has 4 nitrogen and oxygen atoms in total. The lowest BCUT2D eigenvalue weighted by atomic mass is 9.69. The van der Waals surface area contributed by atoms with Crippen LogP contribution in [-0.2, 0) is 0 Å². The predicted molar refractivity (Wildman–Crippen MR) is 113 cm³/mol. The van der Waals surface area contributed by atoms with Gasteiger partial charge in [0.15, 0.2) is 0 Å². The van der Waals surface area contributed by atoms with Gasteiger partial charge >= 0.3 is 0 Å². The summed E-state index contributed by atoms with van der Waals surface area (Å²) in [5.41, 5.74) is 10.8. The number of aryl methyl sites for hydroxylation is 1. The summed E-state index contributed by atoms with van der Waals surface area (Å²) in [7, 11) is 0. The quantitative estimate of drug-likeness (QED) is 0.621. The molecule has 2 aliphatic carbocycles. The highest BCUT2D eigenvalue weighted by atomic mass is 32.1. The van der Waals surface area contributed by atoms with Crippen molar-refractivity contribution in [3.63, 3.8) is 0 Å². The SMILES string of the molecule is CCOc1ccc(-c2nc(NNC3=C[C@H]4CC[C@]3(C)C4(C)C)sc2C)cc1. The summed E-state index contributed by atoms with van der Waals surface area (Å²) in [6.45, 7) is 12.0. The Bertz CT molecular complexity index is 868. The molecule has 0 amide bonds. The van der Waals surface area contributed by atoms with Crippen molar-refractivity contribution in [2.75, 3.05) is 12.0 Å². The molecule has 5 heteroatoms. The van der Waals surface area contributed by atoms with E-state index in [4.69, 9.17) is 9.72 Å². The van der Waals surface area contributed by atoms with Crippen LogP contribution in [0.1, 0.15) is 45.4 Å². The van der Waals surface area contributed by atoms with Gasteiger partial charge in [0, 0.05) is 21.6 Å². The zero-order chi connectivity index (χ0) is 19.2. The fourth-order valence-electron chi connectivity index (χ4n) is 4.59. The molecule has 0 spiro atoms. The highest BCUT2D eigenvalue weighted by Gasteiger charge is 2.57. The van der Waals surface area contributed by atoms with Crippen LogP contribution in [0.5, 0.6) is 5.75 Å². The van der Waals surface area contributed by atoms with E-state index in [-0.39, 0.29) is 5.41 Å². The lowest BCUT2D eigenvalue weighted by molar-refractivity contribution is 0.165. The fourth-order valence-corrected chi connectivity index (χ4v) is 5.38. The first kappa shape index (κ1) is 18.4. The molecule has 0 radical (unpaired) electrons. The number of fused-ring (bicyclic) bond motifs is 2. The first-order valence-electron chi connectivity index (χ1n) is 9.80. The third-order valence-corrected chi connectivity index (χ3v) is 7.69. The normalized spacial score (nSPS) is 25.4. The third kappa shape index (κ3) is 2.92. The van der Waals surface area contributed by atoms with Gasteiger partial charge in [0.25, 0.3) is 0 Å². The van der Waals surface area contributed by atoms with Crippen LogP contribution >= 0.6 is 11.3 Å². The molecule has 27 heavy (non-hydrogen) atoms. The highest BCUT2D eigenvalue weighted by molar-refractivity contribution is 7.15. The van der Waals surface area contributed by atoms with Crippen molar-refractivity contribution in [3.05, 3.63) is 40.9 Å². The minimum absolute atomic E-state index is 0.217. The Hall–Kier alpha value is -2.01. The Balaban J connectivity index is 1.47. The minimum atomic E-state index is 0.217. The highest BCUT2D eigenvalue weighted by Crippen LogP contribution is 2.64. The lowest BCUT2D eigenvalue weighted by Crippen LogP contribution is -2.37. The molecule has 1 saturated carbocycles. The van der Waals surface area contributed by atoms with Gasteiger partial charge in [0.05, 0.1) is 12.3 Å². The average molecular weight is 384 g/mol. The van der Waals surface area contributed by atoms with E-state index in [1.54, 1.807) is 11.3 Å². The molecule has 4 rings (SSSR count). The van der Waals surface area contributed by atoms with Crippen LogP contribution < -0.4 is 15.6 Å². The fraction of sp³-hybridized carbons (Fsp3) is 0.500. The maximum Gasteiger partial charge on any atom is 0.202 e. The standard InChI is InChI=1S/C22H29N3OS/c1-6-26-17-9-7-15(8-10-17)19-14(2)27-20(23-19)25-24-18-13-16-11-12-22(18,5)21(16,3)4/h7-10,13,16,24H,6,11-12H2,1-5H3,(H,23,25)/t16-,22+/m1/s1. The van der Waals surface area contributed by atoms with E-state index in [1.807, 2.05) is 19.1 Å².